The van der Waals surface area contributed by atoms with Crippen molar-refractivity contribution in [3.63, 3.8) is 0 Å². The summed E-state index contributed by atoms with van der Waals surface area (Å²) in [5.74, 6) is 3.08. The number of phenols is 1. The molecule has 126 valence electrons. The first-order valence-corrected chi connectivity index (χ1v) is 9.30. The van der Waals surface area contributed by atoms with Crippen molar-refractivity contribution in [3.8, 4) is 5.75 Å². The van der Waals surface area contributed by atoms with E-state index in [0.717, 1.165) is 30.7 Å². The van der Waals surface area contributed by atoms with Gasteiger partial charge in [-0.2, -0.15) is 0 Å². The van der Waals surface area contributed by atoms with E-state index in [2.05, 4.69) is 35.2 Å². The Morgan fingerprint density at radius 3 is 2.17 bits per heavy atom. The molecule has 0 amide bonds. The van der Waals surface area contributed by atoms with E-state index in [1.807, 2.05) is 12.1 Å². The van der Waals surface area contributed by atoms with Crippen LogP contribution in [0.15, 0.2) is 54.6 Å². The zero-order valence-corrected chi connectivity index (χ0v) is 14.3. The molecular formula is C22H27NO. The number of rotatable bonds is 5. The van der Waals surface area contributed by atoms with Crippen molar-refractivity contribution in [1.29, 1.82) is 0 Å². The van der Waals surface area contributed by atoms with E-state index in [1.165, 1.54) is 43.5 Å². The number of likely N-dealkylation sites (tertiary alicyclic amines) is 1. The molecule has 2 nitrogen and oxygen atoms in total. The van der Waals surface area contributed by atoms with Crippen LogP contribution in [0, 0.1) is 17.8 Å². The summed E-state index contributed by atoms with van der Waals surface area (Å²) < 4.78 is 0. The summed E-state index contributed by atoms with van der Waals surface area (Å²) >= 11 is 0. The molecule has 1 N–H and O–H groups in total. The fraction of sp³-hybridized carbons (Fsp3) is 0.455. The van der Waals surface area contributed by atoms with Gasteiger partial charge in [-0.25, -0.2) is 0 Å². The number of hydrogen-bond acceptors (Lipinski definition) is 2. The Bertz CT molecular complexity index is 637. The maximum Gasteiger partial charge on any atom is 0.115 e. The van der Waals surface area contributed by atoms with Crippen LogP contribution in [0.5, 0.6) is 5.75 Å². The molecule has 0 bridgehead atoms. The van der Waals surface area contributed by atoms with Gasteiger partial charge in [0, 0.05) is 19.6 Å². The van der Waals surface area contributed by atoms with Gasteiger partial charge in [-0.3, -0.25) is 0 Å². The van der Waals surface area contributed by atoms with Gasteiger partial charge in [0.25, 0.3) is 0 Å². The SMILES string of the molecule is Oc1ccc(CCN2C[C@H]3CC(Cc4ccccc4)C[C@H]3C2)cc1. The van der Waals surface area contributed by atoms with Crippen LogP contribution < -0.4 is 0 Å². The van der Waals surface area contributed by atoms with Crippen molar-refractivity contribution < 1.29 is 5.11 Å². The first-order chi connectivity index (χ1) is 11.8. The van der Waals surface area contributed by atoms with Crippen LogP contribution in [0.3, 0.4) is 0 Å². The maximum absolute atomic E-state index is 9.37. The molecule has 1 saturated carbocycles. The van der Waals surface area contributed by atoms with Crippen molar-refractivity contribution in [1.82, 2.24) is 4.90 Å². The van der Waals surface area contributed by atoms with Crippen molar-refractivity contribution in [2.24, 2.45) is 17.8 Å². The largest absolute Gasteiger partial charge is 0.508 e. The third kappa shape index (κ3) is 3.64. The molecule has 1 unspecified atom stereocenters. The molecule has 2 aliphatic rings. The van der Waals surface area contributed by atoms with Crippen molar-refractivity contribution in [2.75, 3.05) is 19.6 Å². The highest BCUT2D eigenvalue weighted by atomic mass is 16.3. The summed E-state index contributed by atoms with van der Waals surface area (Å²) in [7, 11) is 0. The van der Waals surface area contributed by atoms with Crippen molar-refractivity contribution >= 4 is 0 Å². The van der Waals surface area contributed by atoms with E-state index in [-0.39, 0.29) is 0 Å². The molecule has 1 heterocycles. The number of phenolic OH excluding ortho intramolecular Hbond substituents is 1. The van der Waals surface area contributed by atoms with E-state index in [9.17, 15) is 5.11 Å². The molecule has 1 aliphatic carbocycles. The summed E-state index contributed by atoms with van der Waals surface area (Å²) in [6.45, 7) is 3.73. The second-order valence-electron chi connectivity index (χ2n) is 7.72. The van der Waals surface area contributed by atoms with Crippen LogP contribution in [0.1, 0.15) is 24.0 Å². The van der Waals surface area contributed by atoms with Crippen LogP contribution in [-0.2, 0) is 12.8 Å². The second-order valence-corrected chi connectivity index (χ2v) is 7.72. The average molecular weight is 321 g/mol. The topological polar surface area (TPSA) is 23.5 Å². The molecule has 1 saturated heterocycles. The lowest BCUT2D eigenvalue weighted by Gasteiger charge is -2.19. The van der Waals surface area contributed by atoms with Gasteiger partial charge in [-0.15, -0.1) is 0 Å². The molecule has 2 fully saturated rings. The minimum Gasteiger partial charge on any atom is -0.508 e. The van der Waals surface area contributed by atoms with Gasteiger partial charge in [-0.1, -0.05) is 42.5 Å². The summed E-state index contributed by atoms with van der Waals surface area (Å²) in [4.78, 5) is 2.65. The third-order valence-electron chi connectivity index (χ3n) is 5.94. The normalized spacial score (nSPS) is 26.6. The van der Waals surface area contributed by atoms with E-state index in [1.54, 1.807) is 12.1 Å². The van der Waals surface area contributed by atoms with E-state index >= 15 is 0 Å². The Kier molecular flexibility index (Phi) is 4.57. The Morgan fingerprint density at radius 2 is 1.50 bits per heavy atom. The number of benzene rings is 2. The van der Waals surface area contributed by atoms with Gasteiger partial charge in [0.05, 0.1) is 0 Å². The zero-order valence-electron chi connectivity index (χ0n) is 14.3. The Hall–Kier alpha value is -1.80. The summed E-state index contributed by atoms with van der Waals surface area (Å²) in [5, 5.41) is 9.37. The second kappa shape index (κ2) is 6.98. The molecular weight excluding hydrogens is 294 g/mol. The lowest BCUT2D eigenvalue weighted by molar-refractivity contribution is 0.300. The first kappa shape index (κ1) is 15.7. The van der Waals surface area contributed by atoms with Gasteiger partial charge in [0.2, 0.25) is 0 Å². The Labute approximate surface area is 145 Å². The number of hydrogen-bond donors (Lipinski definition) is 1. The molecule has 0 radical (unpaired) electrons. The molecule has 2 heteroatoms. The smallest absolute Gasteiger partial charge is 0.115 e. The molecule has 0 spiro atoms. The number of aromatic hydroxyl groups is 1. The Morgan fingerprint density at radius 1 is 0.833 bits per heavy atom. The van der Waals surface area contributed by atoms with E-state index in [0.29, 0.717) is 5.75 Å². The van der Waals surface area contributed by atoms with Gasteiger partial charge >= 0.3 is 0 Å². The number of fused-ring (bicyclic) bond motifs is 1. The van der Waals surface area contributed by atoms with Crippen LogP contribution in [-0.4, -0.2) is 29.6 Å². The minimum atomic E-state index is 0.360. The molecule has 3 atom stereocenters. The predicted molar refractivity (Wildman–Crippen MR) is 98.1 cm³/mol. The maximum atomic E-state index is 9.37. The van der Waals surface area contributed by atoms with E-state index in [4.69, 9.17) is 0 Å². The fourth-order valence-electron chi connectivity index (χ4n) is 4.77. The lowest BCUT2D eigenvalue weighted by atomic mass is 9.96. The molecule has 0 aromatic heterocycles. The van der Waals surface area contributed by atoms with E-state index < -0.39 is 0 Å². The zero-order chi connectivity index (χ0) is 16.4. The van der Waals surface area contributed by atoms with Gasteiger partial charge in [-0.05, 0) is 66.7 Å². The van der Waals surface area contributed by atoms with Gasteiger partial charge < -0.3 is 10.0 Å². The van der Waals surface area contributed by atoms with Crippen LogP contribution >= 0.6 is 0 Å². The summed E-state index contributed by atoms with van der Waals surface area (Å²) in [5.41, 5.74) is 2.83. The number of nitrogens with zero attached hydrogens (tertiary/aromatic N) is 1. The molecule has 1 aliphatic heterocycles. The van der Waals surface area contributed by atoms with Gasteiger partial charge in [0.15, 0.2) is 0 Å². The Balaban J connectivity index is 1.25. The van der Waals surface area contributed by atoms with Gasteiger partial charge in [0.1, 0.15) is 5.75 Å². The molecule has 24 heavy (non-hydrogen) atoms. The highest BCUT2D eigenvalue weighted by Gasteiger charge is 2.40. The summed E-state index contributed by atoms with van der Waals surface area (Å²) in [6, 6.07) is 18.7. The first-order valence-electron chi connectivity index (χ1n) is 9.30. The highest BCUT2D eigenvalue weighted by molar-refractivity contribution is 5.26. The van der Waals surface area contributed by atoms with Crippen LogP contribution in [0.25, 0.3) is 0 Å². The molecule has 4 rings (SSSR count). The molecule has 2 aromatic rings. The monoisotopic (exact) mass is 321 g/mol. The standard InChI is InChI=1S/C22H27NO/c24-22-8-6-17(7-9-22)10-11-23-15-20-13-19(14-21(20)16-23)12-18-4-2-1-3-5-18/h1-9,19-21,24H,10-16H2/t19?,20-,21+. The summed E-state index contributed by atoms with van der Waals surface area (Å²) in [6.07, 6.45) is 5.18. The van der Waals surface area contributed by atoms with Crippen molar-refractivity contribution in [2.45, 2.75) is 25.7 Å². The average Bonchev–Trinajstić information content (AvgIpc) is 3.13. The predicted octanol–water partition coefficient (Wildman–Crippen LogP) is 4.14. The quantitative estimate of drug-likeness (QED) is 0.895. The van der Waals surface area contributed by atoms with Crippen LogP contribution in [0.2, 0.25) is 0 Å². The lowest BCUT2D eigenvalue weighted by Crippen LogP contribution is -2.25. The fourth-order valence-corrected chi connectivity index (χ4v) is 4.77. The van der Waals surface area contributed by atoms with Crippen molar-refractivity contribution in [3.05, 3.63) is 65.7 Å². The highest BCUT2D eigenvalue weighted by Crippen LogP contribution is 2.42. The minimum absolute atomic E-state index is 0.360. The van der Waals surface area contributed by atoms with Crippen LogP contribution in [0.4, 0.5) is 0 Å². The third-order valence-corrected chi connectivity index (χ3v) is 5.94. The molecule has 2 aromatic carbocycles.